The van der Waals surface area contributed by atoms with Crippen LogP contribution < -0.4 is 9.64 Å². The molecule has 15 heavy (non-hydrogen) atoms. The van der Waals surface area contributed by atoms with Crippen LogP contribution in [0.4, 0.5) is 5.95 Å². The van der Waals surface area contributed by atoms with E-state index in [0.717, 1.165) is 25.0 Å². The second-order valence-electron chi connectivity index (χ2n) is 4.09. The lowest BCUT2D eigenvalue weighted by atomic mass is 10.00. The predicted molar refractivity (Wildman–Crippen MR) is 59.2 cm³/mol. The first-order valence-electron chi connectivity index (χ1n) is 5.40. The average Bonchev–Trinajstić information content (AvgIpc) is 2.30. The van der Waals surface area contributed by atoms with E-state index in [1.54, 1.807) is 19.5 Å². The third-order valence-corrected chi connectivity index (χ3v) is 2.92. The monoisotopic (exact) mass is 207 g/mol. The zero-order chi connectivity index (χ0) is 10.7. The molecule has 0 radical (unpaired) electrons. The summed E-state index contributed by atoms with van der Waals surface area (Å²) in [6.45, 7) is 4.42. The molecule has 0 spiro atoms. The van der Waals surface area contributed by atoms with Gasteiger partial charge in [0.25, 0.3) is 0 Å². The summed E-state index contributed by atoms with van der Waals surface area (Å²) in [6, 6.07) is 0. The molecule has 0 aliphatic carbocycles. The van der Waals surface area contributed by atoms with Crippen LogP contribution in [0.5, 0.6) is 5.75 Å². The number of hydrogen-bond donors (Lipinski definition) is 0. The van der Waals surface area contributed by atoms with Crippen LogP contribution in [0.3, 0.4) is 0 Å². The van der Waals surface area contributed by atoms with E-state index in [2.05, 4.69) is 21.8 Å². The number of anilines is 1. The lowest BCUT2D eigenvalue weighted by molar-refractivity contribution is 0.408. The van der Waals surface area contributed by atoms with Crippen molar-refractivity contribution in [1.82, 2.24) is 9.97 Å². The van der Waals surface area contributed by atoms with E-state index in [1.165, 1.54) is 12.8 Å². The van der Waals surface area contributed by atoms with Gasteiger partial charge in [0.1, 0.15) is 0 Å². The SMILES string of the molecule is COc1cnc(N2CCC(C)CC2)nc1. The van der Waals surface area contributed by atoms with Gasteiger partial charge in [-0.3, -0.25) is 0 Å². The summed E-state index contributed by atoms with van der Waals surface area (Å²) in [7, 11) is 1.63. The summed E-state index contributed by atoms with van der Waals surface area (Å²) in [4.78, 5) is 10.8. The summed E-state index contributed by atoms with van der Waals surface area (Å²) in [5, 5.41) is 0. The third kappa shape index (κ3) is 2.37. The van der Waals surface area contributed by atoms with Gasteiger partial charge in [0.2, 0.25) is 5.95 Å². The Hall–Kier alpha value is -1.32. The van der Waals surface area contributed by atoms with Gasteiger partial charge in [0.05, 0.1) is 19.5 Å². The molecular weight excluding hydrogens is 190 g/mol. The van der Waals surface area contributed by atoms with Crippen molar-refractivity contribution in [3.05, 3.63) is 12.4 Å². The molecule has 1 aromatic rings. The first kappa shape index (κ1) is 10.2. The molecule has 0 N–H and O–H groups in total. The molecular formula is C11H17N3O. The standard InChI is InChI=1S/C11H17N3O/c1-9-3-5-14(6-4-9)11-12-7-10(15-2)8-13-11/h7-9H,3-6H2,1-2H3. The second kappa shape index (κ2) is 4.47. The number of rotatable bonds is 2. The van der Waals surface area contributed by atoms with Gasteiger partial charge in [-0.25, -0.2) is 9.97 Å². The number of methoxy groups -OCH3 is 1. The quantitative estimate of drug-likeness (QED) is 0.740. The average molecular weight is 207 g/mol. The van der Waals surface area contributed by atoms with Crippen LogP contribution in [0.25, 0.3) is 0 Å². The van der Waals surface area contributed by atoms with Crippen LogP contribution in [0.2, 0.25) is 0 Å². The molecule has 0 bridgehead atoms. The first-order chi connectivity index (χ1) is 7.29. The Labute approximate surface area is 90.3 Å². The highest BCUT2D eigenvalue weighted by Crippen LogP contribution is 2.20. The minimum absolute atomic E-state index is 0.712. The summed E-state index contributed by atoms with van der Waals surface area (Å²) in [5.74, 6) is 2.37. The molecule has 1 aromatic heterocycles. The van der Waals surface area contributed by atoms with E-state index in [0.29, 0.717) is 5.75 Å². The Bertz CT molecular complexity index is 304. The Morgan fingerprint density at radius 3 is 2.40 bits per heavy atom. The minimum Gasteiger partial charge on any atom is -0.494 e. The molecule has 1 fully saturated rings. The summed E-state index contributed by atoms with van der Waals surface area (Å²) >= 11 is 0. The predicted octanol–water partition coefficient (Wildman–Crippen LogP) is 1.72. The Balaban J connectivity index is 2.03. The van der Waals surface area contributed by atoms with Crippen molar-refractivity contribution in [2.24, 2.45) is 5.92 Å². The highest BCUT2D eigenvalue weighted by Gasteiger charge is 2.17. The van der Waals surface area contributed by atoms with E-state index in [4.69, 9.17) is 4.74 Å². The highest BCUT2D eigenvalue weighted by atomic mass is 16.5. The van der Waals surface area contributed by atoms with Crippen LogP contribution >= 0.6 is 0 Å². The fourth-order valence-corrected chi connectivity index (χ4v) is 1.79. The Morgan fingerprint density at radius 2 is 1.87 bits per heavy atom. The van der Waals surface area contributed by atoms with E-state index in [1.807, 2.05) is 0 Å². The Kier molecular flexibility index (Phi) is 3.04. The van der Waals surface area contributed by atoms with Gasteiger partial charge in [-0.1, -0.05) is 6.92 Å². The maximum Gasteiger partial charge on any atom is 0.225 e. The first-order valence-corrected chi connectivity index (χ1v) is 5.40. The molecule has 1 aliphatic heterocycles. The van der Waals surface area contributed by atoms with E-state index >= 15 is 0 Å². The number of ether oxygens (including phenoxy) is 1. The molecule has 0 saturated carbocycles. The lowest BCUT2D eigenvalue weighted by Gasteiger charge is -2.30. The maximum atomic E-state index is 5.03. The van der Waals surface area contributed by atoms with Gasteiger partial charge in [-0.2, -0.15) is 0 Å². The number of nitrogens with zero attached hydrogens (tertiary/aromatic N) is 3. The van der Waals surface area contributed by atoms with Crippen LogP contribution in [-0.4, -0.2) is 30.2 Å². The molecule has 2 heterocycles. The normalized spacial score (nSPS) is 17.9. The van der Waals surface area contributed by atoms with Crippen molar-refractivity contribution >= 4 is 5.95 Å². The van der Waals surface area contributed by atoms with Crippen molar-refractivity contribution in [2.45, 2.75) is 19.8 Å². The molecule has 0 atom stereocenters. The Morgan fingerprint density at radius 1 is 1.27 bits per heavy atom. The molecule has 0 unspecified atom stereocenters. The van der Waals surface area contributed by atoms with Gasteiger partial charge in [0, 0.05) is 13.1 Å². The largest absolute Gasteiger partial charge is 0.494 e. The van der Waals surface area contributed by atoms with Gasteiger partial charge >= 0.3 is 0 Å². The number of aromatic nitrogens is 2. The molecule has 0 amide bonds. The van der Waals surface area contributed by atoms with Gasteiger partial charge in [-0.05, 0) is 18.8 Å². The van der Waals surface area contributed by atoms with E-state index < -0.39 is 0 Å². The summed E-state index contributed by atoms with van der Waals surface area (Å²) in [5.41, 5.74) is 0. The summed E-state index contributed by atoms with van der Waals surface area (Å²) < 4.78 is 5.03. The topological polar surface area (TPSA) is 38.2 Å². The minimum atomic E-state index is 0.712. The van der Waals surface area contributed by atoms with Crippen LogP contribution in [0, 0.1) is 5.92 Å². The van der Waals surface area contributed by atoms with Crippen molar-refractivity contribution < 1.29 is 4.74 Å². The zero-order valence-electron chi connectivity index (χ0n) is 9.31. The van der Waals surface area contributed by atoms with Crippen molar-refractivity contribution in [1.29, 1.82) is 0 Å². The lowest BCUT2D eigenvalue weighted by Crippen LogP contribution is -2.33. The highest BCUT2D eigenvalue weighted by molar-refractivity contribution is 5.31. The molecule has 1 saturated heterocycles. The number of hydrogen-bond acceptors (Lipinski definition) is 4. The maximum absolute atomic E-state index is 5.03. The molecule has 82 valence electrons. The van der Waals surface area contributed by atoms with E-state index in [-0.39, 0.29) is 0 Å². The van der Waals surface area contributed by atoms with Gasteiger partial charge in [-0.15, -0.1) is 0 Å². The molecule has 4 nitrogen and oxygen atoms in total. The smallest absolute Gasteiger partial charge is 0.225 e. The third-order valence-electron chi connectivity index (χ3n) is 2.92. The van der Waals surface area contributed by atoms with Gasteiger partial charge in [0.15, 0.2) is 5.75 Å². The molecule has 4 heteroatoms. The van der Waals surface area contributed by atoms with Crippen molar-refractivity contribution in [2.75, 3.05) is 25.1 Å². The number of piperidine rings is 1. The zero-order valence-corrected chi connectivity index (χ0v) is 9.31. The van der Waals surface area contributed by atoms with Crippen LogP contribution in [0.1, 0.15) is 19.8 Å². The van der Waals surface area contributed by atoms with Crippen LogP contribution in [-0.2, 0) is 0 Å². The molecule has 1 aliphatic rings. The van der Waals surface area contributed by atoms with Crippen molar-refractivity contribution in [3.8, 4) is 5.75 Å². The second-order valence-corrected chi connectivity index (χ2v) is 4.09. The van der Waals surface area contributed by atoms with Crippen LogP contribution in [0.15, 0.2) is 12.4 Å². The fraction of sp³-hybridized carbons (Fsp3) is 0.636. The summed E-state index contributed by atoms with van der Waals surface area (Å²) in [6.07, 6.45) is 5.91. The van der Waals surface area contributed by atoms with Gasteiger partial charge < -0.3 is 9.64 Å². The van der Waals surface area contributed by atoms with Crippen molar-refractivity contribution in [3.63, 3.8) is 0 Å². The fourth-order valence-electron chi connectivity index (χ4n) is 1.79. The molecule has 0 aromatic carbocycles. The van der Waals surface area contributed by atoms with E-state index in [9.17, 15) is 0 Å². The molecule has 2 rings (SSSR count).